The summed E-state index contributed by atoms with van der Waals surface area (Å²) in [4.78, 5) is 12.9. The highest BCUT2D eigenvalue weighted by Gasteiger charge is 2.28. The van der Waals surface area contributed by atoms with Gasteiger partial charge >= 0.3 is 0 Å². The smallest absolute Gasteiger partial charge is 0.267 e. The summed E-state index contributed by atoms with van der Waals surface area (Å²) in [6.45, 7) is 4.60. The van der Waals surface area contributed by atoms with Crippen molar-refractivity contribution in [3.8, 4) is 6.07 Å². The van der Waals surface area contributed by atoms with E-state index >= 15 is 0 Å². The molecule has 0 saturated heterocycles. The number of nitrogens with one attached hydrogen (secondary N) is 3. The van der Waals surface area contributed by atoms with E-state index in [2.05, 4.69) is 66.2 Å². The molecule has 1 aromatic rings. The Morgan fingerprint density at radius 3 is 2.88 bits per heavy atom. The first-order valence-electron chi connectivity index (χ1n) is 11.2. The van der Waals surface area contributed by atoms with Gasteiger partial charge in [0.25, 0.3) is 5.91 Å². The predicted molar refractivity (Wildman–Crippen MR) is 125 cm³/mol. The van der Waals surface area contributed by atoms with Crippen molar-refractivity contribution >= 4 is 22.7 Å². The van der Waals surface area contributed by atoms with Crippen LogP contribution in [-0.2, 0) is 9.53 Å². The van der Waals surface area contributed by atoms with Crippen LogP contribution < -0.4 is 16.0 Å². The third-order valence-corrected chi connectivity index (χ3v) is 6.68. The van der Waals surface area contributed by atoms with E-state index in [1.807, 2.05) is 12.1 Å². The van der Waals surface area contributed by atoms with Gasteiger partial charge in [0.1, 0.15) is 11.8 Å². The minimum Gasteiger partial charge on any atom is -0.362 e. The van der Waals surface area contributed by atoms with E-state index < -0.39 is 6.17 Å². The molecule has 0 spiro atoms. The summed E-state index contributed by atoms with van der Waals surface area (Å²) in [6, 6.07) is 8.31. The number of amides is 1. The molecule has 32 heavy (non-hydrogen) atoms. The first-order valence-corrected chi connectivity index (χ1v) is 11.2. The van der Waals surface area contributed by atoms with E-state index in [1.54, 1.807) is 0 Å². The number of ether oxygens (including phenoxy) is 1. The van der Waals surface area contributed by atoms with Gasteiger partial charge in [-0.25, -0.2) is 0 Å². The number of nitriles is 1. The summed E-state index contributed by atoms with van der Waals surface area (Å²) in [5.74, 6) is -0.218. The van der Waals surface area contributed by atoms with Crippen molar-refractivity contribution in [2.24, 2.45) is 5.41 Å². The molecule has 6 nitrogen and oxygen atoms in total. The lowest BCUT2D eigenvalue weighted by Gasteiger charge is -2.30. The lowest BCUT2D eigenvalue weighted by atomic mass is 9.76. The number of rotatable bonds is 4. The van der Waals surface area contributed by atoms with Gasteiger partial charge in [0.05, 0.1) is 12.2 Å². The number of carbonyl (C=O) groups is 1. The summed E-state index contributed by atoms with van der Waals surface area (Å²) < 4.78 is 5.87. The summed E-state index contributed by atoms with van der Waals surface area (Å²) in [6.07, 6.45) is 13.8. The highest BCUT2D eigenvalue weighted by Crippen LogP contribution is 2.41. The fraction of sp³-hybridized carbons (Fsp3) is 0.385. The molecule has 3 aliphatic heterocycles. The molecular weight excluding hydrogens is 400 g/mol. The number of fused-ring (bicyclic) bond motifs is 2. The highest BCUT2D eigenvalue weighted by molar-refractivity contribution is 5.98. The molecule has 5 rings (SSSR count). The van der Waals surface area contributed by atoms with Crippen LogP contribution in [0.15, 0.2) is 54.4 Å². The molecule has 2 bridgehead atoms. The number of carbonyl (C=O) groups excluding carboxylic acids is 1. The molecule has 3 atom stereocenters. The zero-order chi connectivity index (χ0) is 22.3. The molecule has 3 heterocycles. The fourth-order valence-corrected chi connectivity index (χ4v) is 4.69. The van der Waals surface area contributed by atoms with Crippen molar-refractivity contribution < 1.29 is 9.53 Å². The van der Waals surface area contributed by atoms with Crippen molar-refractivity contribution in [3.05, 3.63) is 65.5 Å². The van der Waals surface area contributed by atoms with Gasteiger partial charge in [-0.1, -0.05) is 38.1 Å². The number of allylic oxidation sites excluding steroid dienone is 3. The highest BCUT2D eigenvalue weighted by atomic mass is 16.5. The van der Waals surface area contributed by atoms with Crippen molar-refractivity contribution in [3.63, 3.8) is 0 Å². The molecule has 0 aromatic heterocycles. The largest absolute Gasteiger partial charge is 0.362 e. The second kappa shape index (κ2) is 7.99. The summed E-state index contributed by atoms with van der Waals surface area (Å²) in [7, 11) is 0. The van der Waals surface area contributed by atoms with E-state index in [1.165, 1.54) is 22.9 Å². The van der Waals surface area contributed by atoms with Crippen LogP contribution in [0, 0.1) is 16.7 Å². The monoisotopic (exact) mass is 428 g/mol. The Labute approximate surface area is 188 Å². The van der Waals surface area contributed by atoms with E-state index in [0.29, 0.717) is 11.1 Å². The molecule has 164 valence electrons. The first kappa shape index (κ1) is 20.6. The quantitative estimate of drug-likeness (QED) is 0.626. The second-order valence-electron chi connectivity index (χ2n) is 9.68. The number of hydrogen-bond acceptors (Lipinski definition) is 5. The minimum absolute atomic E-state index is 0.0580. The Balaban J connectivity index is 1.44. The molecule has 6 heteroatoms. The molecule has 1 amide bonds. The maximum atomic E-state index is 12.9. The van der Waals surface area contributed by atoms with E-state index in [-0.39, 0.29) is 18.1 Å². The molecular formula is C26H28N4O2. The van der Waals surface area contributed by atoms with Crippen LogP contribution in [0.5, 0.6) is 0 Å². The molecule has 1 aliphatic carbocycles. The molecule has 0 saturated carbocycles. The van der Waals surface area contributed by atoms with E-state index in [0.717, 1.165) is 36.9 Å². The third-order valence-electron chi connectivity index (χ3n) is 6.68. The summed E-state index contributed by atoms with van der Waals surface area (Å²) in [5.41, 5.74) is 6.27. The van der Waals surface area contributed by atoms with Gasteiger partial charge < -0.3 is 20.7 Å². The maximum Gasteiger partial charge on any atom is 0.267 e. The lowest BCUT2D eigenvalue weighted by Crippen LogP contribution is -2.43. The molecule has 0 radical (unpaired) electrons. The first-order chi connectivity index (χ1) is 15.4. The van der Waals surface area contributed by atoms with Crippen LogP contribution in [0.25, 0.3) is 11.1 Å². The zero-order valence-corrected chi connectivity index (χ0v) is 18.4. The van der Waals surface area contributed by atoms with Crippen LogP contribution in [0.2, 0.25) is 0 Å². The number of anilines is 1. The Hall–Kier alpha value is -3.30. The van der Waals surface area contributed by atoms with Crippen LogP contribution in [-0.4, -0.2) is 24.3 Å². The van der Waals surface area contributed by atoms with Crippen molar-refractivity contribution in [1.82, 2.24) is 10.6 Å². The molecule has 4 aliphatic rings. The molecule has 3 N–H and O–H groups in total. The maximum absolute atomic E-state index is 12.9. The standard InChI is InChI=1S/C26H28N4O2/c1-26(2)9-7-16(8-10-26)22-13-17(18-11-20-4-5-21(12-18)32-20)3-6-23(22)30-25(31)24-28-15-19(14-27)29-24/h3-7,11,13,15,20-21,24,28-29H,8-10,12H2,1-2H3,(H,30,31)/t20-,21+,24?/m1/s1. The SMILES string of the molecule is CC1(C)CC=C(c2cc(C3=C[C@H]4C=C[C@@H](C3)O4)ccc2NC(=O)C2NC=C(C#N)N2)CC1. The topological polar surface area (TPSA) is 86.2 Å². The average molecular weight is 429 g/mol. The lowest BCUT2D eigenvalue weighted by molar-refractivity contribution is -0.118. The van der Waals surface area contributed by atoms with E-state index in [4.69, 9.17) is 10.00 Å². The van der Waals surface area contributed by atoms with Crippen LogP contribution in [0.1, 0.15) is 50.7 Å². The Morgan fingerprint density at radius 2 is 2.16 bits per heavy atom. The fourth-order valence-electron chi connectivity index (χ4n) is 4.69. The molecule has 1 aromatic carbocycles. The molecule has 0 fully saturated rings. The van der Waals surface area contributed by atoms with Gasteiger partial charge in [0, 0.05) is 23.9 Å². The number of hydrogen-bond donors (Lipinski definition) is 3. The van der Waals surface area contributed by atoms with Crippen LogP contribution in [0.3, 0.4) is 0 Å². The van der Waals surface area contributed by atoms with Gasteiger partial charge in [0.15, 0.2) is 6.17 Å². The summed E-state index contributed by atoms with van der Waals surface area (Å²) in [5, 5.41) is 17.9. The normalized spacial score (nSPS) is 27.4. The van der Waals surface area contributed by atoms with Crippen molar-refractivity contribution in [1.29, 1.82) is 5.26 Å². The number of nitrogens with zero attached hydrogens (tertiary/aromatic N) is 1. The third kappa shape index (κ3) is 4.09. The van der Waals surface area contributed by atoms with Crippen molar-refractivity contribution in [2.75, 3.05) is 5.32 Å². The van der Waals surface area contributed by atoms with Crippen molar-refractivity contribution in [2.45, 2.75) is 57.9 Å². The van der Waals surface area contributed by atoms with Crippen LogP contribution in [0.4, 0.5) is 5.69 Å². The Bertz CT molecular complexity index is 1120. The zero-order valence-electron chi connectivity index (χ0n) is 18.4. The van der Waals surface area contributed by atoms with Gasteiger partial charge in [-0.05, 0) is 59.6 Å². The Kier molecular flexibility index (Phi) is 5.15. The second-order valence-corrected chi connectivity index (χ2v) is 9.68. The predicted octanol–water partition coefficient (Wildman–Crippen LogP) is 4.21. The Morgan fingerprint density at radius 1 is 1.28 bits per heavy atom. The van der Waals surface area contributed by atoms with E-state index in [9.17, 15) is 4.79 Å². The van der Waals surface area contributed by atoms with Crippen LogP contribution >= 0.6 is 0 Å². The minimum atomic E-state index is -0.656. The number of benzene rings is 1. The van der Waals surface area contributed by atoms with Gasteiger partial charge in [-0.3, -0.25) is 4.79 Å². The van der Waals surface area contributed by atoms with Gasteiger partial charge in [-0.2, -0.15) is 5.26 Å². The average Bonchev–Trinajstić information content (AvgIpc) is 3.40. The van der Waals surface area contributed by atoms with Gasteiger partial charge in [-0.15, -0.1) is 0 Å². The molecule has 1 unspecified atom stereocenters. The summed E-state index contributed by atoms with van der Waals surface area (Å²) >= 11 is 0. The van der Waals surface area contributed by atoms with Gasteiger partial charge in [0.2, 0.25) is 0 Å².